The standard InChI is InChI=1S/C23H20F3N3O3/c1-14-3-9-19(11-15(14)2)27-28-22(32)17-6-10-21(31)29(12-17)13-20(30)16-4-7-18(8-5-16)23(24,25)26/h3-12,27H,13H2,1-2H3,(H,28,32). The lowest BCUT2D eigenvalue weighted by Crippen LogP contribution is -2.31. The van der Waals surface area contributed by atoms with E-state index in [1.54, 1.807) is 6.07 Å². The zero-order valence-electron chi connectivity index (χ0n) is 17.3. The average Bonchev–Trinajstić information content (AvgIpc) is 2.75. The highest BCUT2D eigenvalue weighted by atomic mass is 19.4. The number of benzene rings is 2. The van der Waals surface area contributed by atoms with E-state index >= 15 is 0 Å². The van der Waals surface area contributed by atoms with Crippen LogP contribution in [0, 0.1) is 13.8 Å². The molecule has 1 heterocycles. The molecule has 6 nitrogen and oxygen atoms in total. The molecule has 3 rings (SSSR count). The van der Waals surface area contributed by atoms with Crippen molar-refractivity contribution < 1.29 is 22.8 Å². The molecular weight excluding hydrogens is 423 g/mol. The third kappa shape index (κ3) is 5.42. The number of pyridine rings is 1. The molecular formula is C23H20F3N3O3. The normalized spacial score (nSPS) is 11.2. The minimum absolute atomic E-state index is 0.0242. The van der Waals surface area contributed by atoms with Crippen LogP contribution in [0.3, 0.4) is 0 Å². The summed E-state index contributed by atoms with van der Waals surface area (Å²) in [5, 5.41) is 0. The number of anilines is 1. The molecule has 9 heteroatoms. The molecule has 0 saturated heterocycles. The highest BCUT2D eigenvalue weighted by Crippen LogP contribution is 2.29. The van der Waals surface area contributed by atoms with Gasteiger partial charge in [0.05, 0.1) is 23.4 Å². The Balaban J connectivity index is 1.70. The van der Waals surface area contributed by atoms with Crippen LogP contribution in [0.1, 0.15) is 37.4 Å². The highest BCUT2D eigenvalue weighted by molar-refractivity contribution is 5.96. The van der Waals surface area contributed by atoms with Crippen molar-refractivity contribution in [3.05, 3.63) is 99.0 Å². The first-order chi connectivity index (χ1) is 15.0. The Hall–Kier alpha value is -3.88. The number of aromatic nitrogens is 1. The summed E-state index contributed by atoms with van der Waals surface area (Å²) in [6.07, 6.45) is -3.28. The topological polar surface area (TPSA) is 80.2 Å². The van der Waals surface area contributed by atoms with Crippen LogP contribution in [-0.2, 0) is 12.7 Å². The fraction of sp³-hybridized carbons (Fsp3) is 0.174. The Kier molecular flexibility index (Phi) is 6.47. The Labute approximate surface area is 181 Å². The third-order valence-corrected chi connectivity index (χ3v) is 4.92. The van der Waals surface area contributed by atoms with Gasteiger partial charge in [-0.25, -0.2) is 0 Å². The van der Waals surface area contributed by atoms with Gasteiger partial charge in [0.2, 0.25) is 0 Å². The van der Waals surface area contributed by atoms with E-state index in [2.05, 4.69) is 10.9 Å². The molecule has 3 aromatic rings. The van der Waals surface area contributed by atoms with Gasteiger partial charge in [-0.1, -0.05) is 18.2 Å². The Morgan fingerprint density at radius 1 is 0.906 bits per heavy atom. The van der Waals surface area contributed by atoms with Gasteiger partial charge in [0.1, 0.15) is 0 Å². The number of hydrazine groups is 1. The van der Waals surface area contributed by atoms with Crippen molar-refractivity contribution in [2.24, 2.45) is 0 Å². The molecule has 0 saturated carbocycles. The van der Waals surface area contributed by atoms with Gasteiger partial charge < -0.3 is 4.57 Å². The summed E-state index contributed by atoms with van der Waals surface area (Å²) in [5.74, 6) is -1.09. The van der Waals surface area contributed by atoms with E-state index in [-0.39, 0.29) is 11.1 Å². The van der Waals surface area contributed by atoms with Crippen LogP contribution >= 0.6 is 0 Å². The zero-order valence-corrected chi connectivity index (χ0v) is 17.3. The number of amides is 1. The number of carbonyl (C=O) groups is 2. The van der Waals surface area contributed by atoms with Crippen LogP contribution in [0.15, 0.2) is 65.6 Å². The van der Waals surface area contributed by atoms with Crippen LogP contribution < -0.4 is 16.4 Å². The highest BCUT2D eigenvalue weighted by Gasteiger charge is 2.30. The van der Waals surface area contributed by atoms with Gasteiger partial charge in [0.25, 0.3) is 11.5 Å². The molecule has 0 spiro atoms. The fourth-order valence-electron chi connectivity index (χ4n) is 2.90. The lowest BCUT2D eigenvalue weighted by molar-refractivity contribution is -0.137. The minimum Gasteiger partial charge on any atom is -0.307 e. The molecule has 2 aromatic carbocycles. The summed E-state index contributed by atoms with van der Waals surface area (Å²) in [6, 6.07) is 11.7. The molecule has 0 aliphatic heterocycles. The molecule has 0 bridgehead atoms. The van der Waals surface area contributed by atoms with Gasteiger partial charge in [-0.15, -0.1) is 0 Å². The quantitative estimate of drug-likeness (QED) is 0.444. The Morgan fingerprint density at radius 3 is 2.19 bits per heavy atom. The number of nitrogens with one attached hydrogen (secondary N) is 2. The molecule has 1 amide bonds. The first-order valence-corrected chi connectivity index (χ1v) is 9.59. The minimum atomic E-state index is -4.51. The number of halogens is 3. The fourth-order valence-corrected chi connectivity index (χ4v) is 2.90. The van der Waals surface area contributed by atoms with E-state index in [0.717, 1.165) is 46.0 Å². The number of alkyl halides is 3. The largest absolute Gasteiger partial charge is 0.416 e. The predicted octanol–water partition coefficient (Wildman–Crippen LogP) is 4.12. The van der Waals surface area contributed by atoms with Crippen molar-refractivity contribution in [1.29, 1.82) is 0 Å². The second kappa shape index (κ2) is 9.09. The van der Waals surface area contributed by atoms with Crippen molar-refractivity contribution in [3.63, 3.8) is 0 Å². The van der Waals surface area contributed by atoms with E-state index in [0.29, 0.717) is 5.69 Å². The van der Waals surface area contributed by atoms with Gasteiger partial charge in [0, 0.05) is 17.8 Å². The molecule has 32 heavy (non-hydrogen) atoms. The van der Waals surface area contributed by atoms with Crippen LogP contribution in [0.2, 0.25) is 0 Å². The van der Waals surface area contributed by atoms with Crippen molar-refractivity contribution in [2.75, 3.05) is 5.43 Å². The van der Waals surface area contributed by atoms with Gasteiger partial charge in [-0.05, 0) is 55.3 Å². The number of rotatable bonds is 6. The van der Waals surface area contributed by atoms with Gasteiger partial charge >= 0.3 is 6.18 Å². The maximum atomic E-state index is 12.7. The molecule has 2 N–H and O–H groups in total. The van der Waals surface area contributed by atoms with Crippen LogP contribution in [0.4, 0.5) is 18.9 Å². The van der Waals surface area contributed by atoms with Crippen molar-refractivity contribution >= 4 is 17.4 Å². The molecule has 0 unspecified atom stereocenters. The van der Waals surface area contributed by atoms with Gasteiger partial charge in [0.15, 0.2) is 5.78 Å². The molecule has 0 aliphatic carbocycles. The maximum Gasteiger partial charge on any atom is 0.416 e. The van der Waals surface area contributed by atoms with Gasteiger partial charge in [-0.2, -0.15) is 13.2 Å². The van der Waals surface area contributed by atoms with Crippen LogP contribution in [0.25, 0.3) is 0 Å². The lowest BCUT2D eigenvalue weighted by Gasteiger charge is -2.12. The smallest absolute Gasteiger partial charge is 0.307 e. The monoisotopic (exact) mass is 443 g/mol. The number of hydrogen-bond acceptors (Lipinski definition) is 4. The number of Topliss-reactive ketones (excluding diaryl/α,β-unsaturated/α-hetero) is 1. The molecule has 0 radical (unpaired) electrons. The molecule has 1 aromatic heterocycles. The number of carbonyl (C=O) groups excluding carboxylic acids is 2. The average molecular weight is 443 g/mol. The predicted molar refractivity (Wildman–Crippen MR) is 113 cm³/mol. The van der Waals surface area contributed by atoms with E-state index in [9.17, 15) is 27.6 Å². The van der Waals surface area contributed by atoms with Crippen LogP contribution in [0.5, 0.6) is 0 Å². The number of ketones is 1. The van der Waals surface area contributed by atoms with E-state index in [4.69, 9.17) is 0 Å². The Morgan fingerprint density at radius 2 is 1.56 bits per heavy atom. The maximum absolute atomic E-state index is 12.7. The second-order valence-electron chi connectivity index (χ2n) is 7.26. The zero-order chi connectivity index (χ0) is 23.5. The SMILES string of the molecule is Cc1ccc(NNC(=O)c2ccc(=O)n(CC(=O)c3ccc(C(F)(F)F)cc3)c2)cc1C. The first-order valence-electron chi connectivity index (χ1n) is 9.59. The van der Waals surface area contributed by atoms with Gasteiger partial charge in [-0.3, -0.25) is 25.2 Å². The molecule has 0 fully saturated rings. The summed E-state index contributed by atoms with van der Waals surface area (Å²) >= 11 is 0. The summed E-state index contributed by atoms with van der Waals surface area (Å²) in [6.45, 7) is 3.48. The number of hydrogen-bond donors (Lipinski definition) is 2. The van der Waals surface area contributed by atoms with E-state index in [1.807, 2.05) is 26.0 Å². The number of nitrogens with zero attached hydrogens (tertiary/aromatic N) is 1. The van der Waals surface area contributed by atoms with Crippen LogP contribution in [-0.4, -0.2) is 16.3 Å². The van der Waals surface area contributed by atoms with Crippen molar-refractivity contribution in [2.45, 2.75) is 26.6 Å². The Bertz CT molecular complexity index is 1220. The molecule has 0 atom stereocenters. The summed E-state index contributed by atoms with van der Waals surface area (Å²) in [4.78, 5) is 37.0. The second-order valence-corrected chi connectivity index (χ2v) is 7.26. The first kappa shape index (κ1) is 22.8. The van der Waals surface area contributed by atoms with E-state index < -0.39 is 35.5 Å². The summed E-state index contributed by atoms with van der Waals surface area (Å²) in [7, 11) is 0. The van der Waals surface area contributed by atoms with E-state index in [1.165, 1.54) is 12.3 Å². The number of aryl methyl sites for hydroxylation is 2. The molecule has 166 valence electrons. The third-order valence-electron chi connectivity index (χ3n) is 4.92. The van der Waals surface area contributed by atoms with Crippen molar-refractivity contribution in [1.82, 2.24) is 9.99 Å². The summed E-state index contributed by atoms with van der Waals surface area (Å²) in [5.41, 5.74) is 6.87. The lowest BCUT2D eigenvalue weighted by atomic mass is 10.1. The summed E-state index contributed by atoms with van der Waals surface area (Å²) < 4.78 is 39.1. The van der Waals surface area contributed by atoms with Crippen molar-refractivity contribution in [3.8, 4) is 0 Å². The molecule has 0 aliphatic rings.